The van der Waals surface area contributed by atoms with Crippen LogP contribution >= 0.6 is 0 Å². The number of ether oxygens (including phenoxy) is 3. The van der Waals surface area contributed by atoms with Crippen molar-refractivity contribution >= 4 is 22.5 Å². The molecule has 0 atom stereocenters. The standard InChI is InChI=1S/C52H53NO3/c1-33-28-43-44(29-42(33)34-14-20-37(21-15-34)53(6)7)48-41(47-46(43)40-12-10-11-13-45(40)51(47)31-49(2,3)30-50(4,5)32-51)26-27-52(56-48,35-16-22-38(54-8)23-17-35)36-18-24-39(55-9)25-19-36/h10-29H,30-32H2,1-9H3. The fourth-order valence-corrected chi connectivity index (χ4v) is 11.2. The second-order valence-corrected chi connectivity index (χ2v) is 18.3. The second-order valence-electron chi connectivity index (χ2n) is 18.3. The van der Waals surface area contributed by atoms with Gasteiger partial charge in [0, 0.05) is 47.3 Å². The lowest BCUT2D eigenvalue weighted by molar-refractivity contribution is 0.0642. The van der Waals surface area contributed by atoms with Crippen molar-refractivity contribution < 1.29 is 14.2 Å². The van der Waals surface area contributed by atoms with Crippen molar-refractivity contribution in [2.75, 3.05) is 33.2 Å². The quantitative estimate of drug-likeness (QED) is 0.170. The topological polar surface area (TPSA) is 30.9 Å². The number of benzene rings is 6. The molecule has 1 heterocycles. The van der Waals surface area contributed by atoms with Crippen molar-refractivity contribution in [3.05, 3.63) is 149 Å². The smallest absolute Gasteiger partial charge is 0.178 e. The molecule has 1 spiro atoms. The molecule has 9 rings (SSSR count). The minimum Gasteiger partial charge on any atom is -0.497 e. The fraction of sp³-hybridized carbons (Fsp3) is 0.308. The molecule has 56 heavy (non-hydrogen) atoms. The van der Waals surface area contributed by atoms with Gasteiger partial charge in [-0.05, 0) is 130 Å². The number of anilines is 1. The Labute approximate surface area is 332 Å². The molecule has 0 radical (unpaired) electrons. The molecule has 6 aromatic rings. The van der Waals surface area contributed by atoms with Gasteiger partial charge in [0.1, 0.15) is 17.2 Å². The van der Waals surface area contributed by atoms with Gasteiger partial charge in [-0.25, -0.2) is 0 Å². The van der Waals surface area contributed by atoms with E-state index in [1.165, 1.54) is 62.0 Å². The van der Waals surface area contributed by atoms with Crippen LogP contribution in [0.5, 0.6) is 17.2 Å². The number of rotatable bonds is 6. The Bertz CT molecular complexity index is 2460. The minimum atomic E-state index is -0.908. The molecule has 0 amide bonds. The van der Waals surface area contributed by atoms with Crippen LogP contribution in [0.15, 0.2) is 115 Å². The molecule has 1 saturated carbocycles. The summed E-state index contributed by atoms with van der Waals surface area (Å²) in [5.41, 5.74) is 12.9. The first-order valence-corrected chi connectivity index (χ1v) is 20.0. The van der Waals surface area contributed by atoms with Crippen LogP contribution in [0, 0.1) is 17.8 Å². The van der Waals surface area contributed by atoms with Crippen LogP contribution in [0.4, 0.5) is 5.69 Å². The average Bonchev–Trinajstić information content (AvgIpc) is 3.44. The van der Waals surface area contributed by atoms with Crippen LogP contribution in [0.3, 0.4) is 0 Å². The Morgan fingerprint density at radius 1 is 0.643 bits per heavy atom. The Kier molecular flexibility index (Phi) is 8.25. The highest BCUT2D eigenvalue weighted by atomic mass is 16.5. The van der Waals surface area contributed by atoms with E-state index in [1.54, 1.807) is 14.2 Å². The van der Waals surface area contributed by atoms with Gasteiger partial charge in [0.15, 0.2) is 5.60 Å². The van der Waals surface area contributed by atoms with Crippen LogP contribution in [0.25, 0.3) is 39.1 Å². The minimum absolute atomic E-state index is 0.145. The summed E-state index contributed by atoms with van der Waals surface area (Å²) >= 11 is 0. The Morgan fingerprint density at radius 3 is 1.80 bits per heavy atom. The zero-order valence-electron chi connectivity index (χ0n) is 34.3. The predicted molar refractivity (Wildman–Crippen MR) is 233 cm³/mol. The van der Waals surface area contributed by atoms with Crippen LogP contribution in [0.1, 0.15) is 80.3 Å². The molecule has 1 fully saturated rings. The van der Waals surface area contributed by atoms with Crippen LogP contribution in [-0.2, 0) is 11.0 Å². The van der Waals surface area contributed by atoms with Gasteiger partial charge in [-0.15, -0.1) is 0 Å². The number of methoxy groups -OCH3 is 2. The van der Waals surface area contributed by atoms with E-state index in [9.17, 15) is 0 Å². The number of hydrogen-bond acceptors (Lipinski definition) is 4. The van der Waals surface area contributed by atoms with Gasteiger partial charge in [-0.3, -0.25) is 0 Å². The van der Waals surface area contributed by atoms with E-state index in [4.69, 9.17) is 14.2 Å². The summed E-state index contributed by atoms with van der Waals surface area (Å²) in [5.74, 6) is 2.56. The maximum absolute atomic E-state index is 7.82. The summed E-state index contributed by atoms with van der Waals surface area (Å²) < 4.78 is 19.1. The summed E-state index contributed by atoms with van der Waals surface area (Å²) in [7, 11) is 7.60. The average molecular weight is 740 g/mol. The highest BCUT2D eigenvalue weighted by Gasteiger charge is 2.55. The highest BCUT2D eigenvalue weighted by molar-refractivity contribution is 6.10. The van der Waals surface area contributed by atoms with Gasteiger partial charge in [0.05, 0.1) is 14.2 Å². The number of aryl methyl sites for hydroxylation is 1. The second kappa shape index (κ2) is 12.8. The Hall–Kier alpha value is -5.48. The van der Waals surface area contributed by atoms with Gasteiger partial charge in [-0.2, -0.15) is 0 Å². The van der Waals surface area contributed by atoms with E-state index in [-0.39, 0.29) is 16.2 Å². The molecular weight excluding hydrogens is 687 g/mol. The SMILES string of the molecule is COc1ccc(C2(c3ccc(OC)cc3)C=Cc3c4c(c5cc(C)c(-c6ccc(N(C)C)cc6)cc5c3O2)-c2ccccc2C42CC(C)(C)CC(C)(C)C2)cc1. The van der Waals surface area contributed by atoms with Crippen LogP contribution in [-0.4, -0.2) is 28.3 Å². The third-order valence-electron chi connectivity index (χ3n) is 12.8. The molecule has 3 aliphatic rings. The van der Waals surface area contributed by atoms with E-state index in [0.29, 0.717) is 0 Å². The summed E-state index contributed by atoms with van der Waals surface area (Å²) in [5, 5.41) is 2.39. The highest BCUT2D eigenvalue weighted by Crippen LogP contribution is 2.67. The van der Waals surface area contributed by atoms with Gasteiger partial charge < -0.3 is 19.1 Å². The first kappa shape index (κ1) is 36.2. The summed E-state index contributed by atoms with van der Waals surface area (Å²) in [4.78, 5) is 2.15. The monoisotopic (exact) mass is 739 g/mol. The molecule has 1 aliphatic heterocycles. The first-order valence-electron chi connectivity index (χ1n) is 20.0. The zero-order chi connectivity index (χ0) is 39.2. The Morgan fingerprint density at radius 2 is 1.23 bits per heavy atom. The lowest BCUT2D eigenvalue weighted by Crippen LogP contribution is -2.44. The maximum Gasteiger partial charge on any atom is 0.178 e. The zero-order valence-corrected chi connectivity index (χ0v) is 34.3. The lowest BCUT2D eigenvalue weighted by atomic mass is 9.52. The molecule has 6 aromatic carbocycles. The molecule has 0 unspecified atom stereocenters. The number of fused-ring (bicyclic) bond motifs is 10. The number of nitrogens with zero attached hydrogens (tertiary/aromatic N) is 1. The van der Waals surface area contributed by atoms with E-state index < -0.39 is 5.60 Å². The van der Waals surface area contributed by atoms with Gasteiger partial charge in [-0.1, -0.05) is 101 Å². The number of hydrogen-bond donors (Lipinski definition) is 0. The molecule has 0 bridgehead atoms. The fourth-order valence-electron chi connectivity index (χ4n) is 11.2. The van der Waals surface area contributed by atoms with Crippen molar-refractivity contribution in [3.8, 4) is 39.5 Å². The van der Waals surface area contributed by atoms with E-state index in [2.05, 4.69) is 151 Å². The van der Waals surface area contributed by atoms with E-state index >= 15 is 0 Å². The normalized spacial score (nSPS) is 17.8. The molecule has 4 heteroatoms. The largest absolute Gasteiger partial charge is 0.497 e. The Balaban J connectivity index is 1.39. The molecule has 2 aliphatic carbocycles. The van der Waals surface area contributed by atoms with Crippen molar-refractivity contribution in [2.45, 2.75) is 64.9 Å². The van der Waals surface area contributed by atoms with Gasteiger partial charge >= 0.3 is 0 Å². The molecule has 0 aromatic heterocycles. The van der Waals surface area contributed by atoms with Crippen LogP contribution in [0.2, 0.25) is 0 Å². The van der Waals surface area contributed by atoms with Crippen molar-refractivity contribution in [1.29, 1.82) is 0 Å². The molecule has 0 N–H and O–H groups in total. The lowest BCUT2D eigenvalue weighted by Gasteiger charge is -2.52. The summed E-state index contributed by atoms with van der Waals surface area (Å²) in [6, 6.07) is 39.7. The van der Waals surface area contributed by atoms with Gasteiger partial charge in [0.25, 0.3) is 0 Å². The third-order valence-corrected chi connectivity index (χ3v) is 12.8. The first-order chi connectivity index (χ1) is 26.8. The van der Waals surface area contributed by atoms with E-state index in [0.717, 1.165) is 46.6 Å². The van der Waals surface area contributed by atoms with Crippen molar-refractivity contribution in [1.82, 2.24) is 0 Å². The third kappa shape index (κ3) is 5.55. The predicted octanol–water partition coefficient (Wildman–Crippen LogP) is 12.8. The van der Waals surface area contributed by atoms with Crippen molar-refractivity contribution in [2.24, 2.45) is 10.8 Å². The summed E-state index contributed by atoms with van der Waals surface area (Å²) in [6.07, 6.45) is 8.05. The van der Waals surface area contributed by atoms with Gasteiger partial charge in [0.2, 0.25) is 0 Å². The molecule has 284 valence electrons. The van der Waals surface area contributed by atoms with Crippen molar-refractivity contribution in [3.63, 3.8) is 0 Å². The van der Waals surface area contributed by atoms with Crippen LogP contribution < -0.4 is 19.1 Å². The molecular formula is C52H53NO3. The summed E-state index contributed by atoms with van der Waals surface area (Å²) in [6.45, 7) is 12.2. The van der Waals surface area contributed by atoms with E-state index in [1.807, 2.05) is 24.3 Å². The maximum atomic E-state index is 7.82. The molecule has 4 nitrogen and oxygen atoms in total. The molecule has 0 saturated heterocycles.